The standard InChI is InChI=1S/C22H20N4O2/c1-15-9-10-23-20(12-15)25-22(27)18-7-3-4-8-19(18)28-14-17-13-26-11-5-6-16(2)21(26)24-17/h3-13H,14H2,1-2H3,(H,23,25,27). The zero-order valence-corrected chi connectivity index (χ0v) is 15.7. The number of fused-ring (bicyclic) bond motifs is 1. The Bertz CT molecular complexity index is 1150. The van der Waals surface area contributed by atoms with Crippen LogP contribution in [0.1, 0.15) is 27.2 Å². The van der Waals surface area contributed by atoms with Crippen LogP contribution in [-0.2, 0) is 6.61 Å². The van der Waals surface area contributed by atoms with Crippen molar-refractivity contribution in [3.8, 4) is 5.75 Å². The van der Waals surface area contributed by atoms with Crippen LogP contribution in [0.5, 0.6) is 5.75 Å². The van der Waals surface area contributed by atoms with Gasteiger partial charge in [0.05, 0.1) is 11.3 Å². The first kappa shape index (κ1) is 17.7. The van der Waals surface area contributed by atoms with Crippen LogP contribution in [0.3, 0.4) is 0 Å². The van der Waals surface area contributed by atoms with E-state index in [1.807, 2.05) is 61.0 Å². The SMILES string of the molecule is Cc1ccnc(NC(=O)c2ccccc2OCc2cn3cccc(C)c3n2)c1. The van der Waals surface area contributed by atoms with E-state index in [1.54, 1.807) is 24.4 Å². The van der Waals surface area contributed by atoms with Gasteiger partial charge in [-0.25, -0.2) is 9.97 Å². The second-order valence-electron chi connectivity index (χ2n) is 6.61. The molecular formula is C22H20N4O2. The Morgan fingerprint density at radius 3 is 2.82 bits per heavy atom. The number of ether oxygens (including phenoxy) is 1. The molecule has 0 fully saturated rings. The molecule has 140 valence electrons. The van der Waals surface area contributed by atoms with Gasteiger partial charge in [-0.1, -0.05) is 18.2 Å². The molecule has 0 spiro atoms. The molecule has 1 amide bonds. The third-order valence-corrected chi connectivity index (χ3v) is 4.39. The summed E-state index contributed by atoms with van der Waals surface area (Å²) in [5.74, 6) is 0.747. The van der Waals surface area contributed by atoms with Gasteiger partial charge in [-0.05, 0) is 55.3 Å². The van der Waals surface area contributed by atoms with Crippen molar-refractivity contribution in [3.63, 3.8) is 0 Å². The van der Waals surface area contributed by atoms with Gasteiger partial charge < -0.3 is 14.5 Å². The Hall–Kier alpha value is -3.67. The summed E-state index contributed by atoms with van der Waals surface area (Å²) >= 11 is 0. The van der Waals surface area contributed by atoms with E-state index < -0.39 is 0 Å². The van der Waals surface area contributed by atoms with Crippen LogP contribution in [0.2, 0.25) is 0 Å². The lowest BCUT2D eigenvalue weighted by atomic mass is 10.2. The maximum atomic E-state index is 12.7. The number of aromatic nitrogens is 3. The molecule has 3 aromatic heterocycles. The van der Waals surface area contributed by atoms with Crippen molar-refractivity contribution >= 4 is 17.4 Å². The summed E-state index contributed by atoms with van der Waals surface area (Å²) in [5.41, 5.74) is 4.27. The van der Waals surface area contributed by atoms with E-state index in [-0.39, 0.29) is 12.5 Å². The molecule has 4 aromatic rings. The van der Waals surface area contributed by atoms with Crippen molar-refractivity contribution in [1.82, 2.24) is 14.4 Å². The van der Waals surface area contributed by atoms with Gasteiger partial charge in [-0.2, -0.15) is 0 Å². The van der Waals surface area contributed by atoms with Crippen molar-refractivity contribution in [2.75, 3.05) is 5.32 Å². The van der Waals surface area contributed by atoms with E-state index in [2.05, 4.69) is 15.3 Å². The summed E-state index contributed by atoms with van der Waals surface area (Å²) in [6, 6.07) is 14.8. The molecule has 4 rings (SSSR count). The average Bonchev–Trinajstić information content (AvgIpc) is 3.11. The molecule has 3 heterocycles. The van der Waals surface area contributed by atoms with Crippen molar-refractivity contribution < 1.29 is 9.53 Å². The molecular weight excluding hydrogens is 352 g/mol. The summed E-state index contributed by atoms with van der Waals surface area (Å²) in [5, 5.41) is 2.82. The first-order chi connectivity index (χ1) is 13.6. The number of imidazole rings is 1. The first-order valence-corrected chi connectivity index (χ1v) is 8.99. The minimum atomic E-state index is -0.264. The van der Waals surface area contributed by atoms with Crippen LogP contribution in [0.25, 0.3) is 5.65 Å². The monoisotopic (exact) mass is 372 g/mol. The average molecular weight is 372 g/mol. The second kappa shape index (κ2) is 7.52. The zero-order valence-electron chi connectivity index (χ0n) is 15.7. The minimum Gasteiger partial charge on any atom is -0.486 e. The van der Waals surface area contributed by atoms with E-state index in [9.17, 15) is 4.79 Å². The fourth-order valence-electron chi connectivity index (χ4n) is 2.99. The topological polar surface area (TPSA) is 68.5 Å². The molecule has 28 heavy (non-hydrogen) atoms. The highest BCUT2D eigenvalue weighted by Gasteiger charge is 2.14. The van der Waals surface area contributed by atoms with Gasteiger partial charge in [0, 0.05) is 18.6 Å². The number of pyridine rings is 2. The van der Waals surface area contributed by atoms with Gasteiger partial charge in [0.25, 0.3) is 5.91 Å². The van der Waals surface area contributed by atoms with Crippen LogP contribution in [0.4, 0.5) is 5.82 Å². The number of nitrogens with zero attached hydrogens (tertiary/aromatic N) is 3. The predicted octanol–water partition coefficient (Wildman–Crippen LogP) is 4.18. The number of anilines is 1. The van der Waals surface area contributed by atoms with E-state index in [1.165, 1.54) is 0 Å². The summed E-state index contributed by atoms with van der Waals surface area (Å²) in [6.07, 6.45) is 5.55. The maximum Gasteiger partial charge on any atom is 0.260 e. The van der Waals surface area contributed by atoms with Crippen LogP contribution < -0.4 is 10.1 Å². The number of nitrogens with one attached hydrogen (secondary N) is 1. The summed E-state index contributed by atoms with van der Waals surface area (Å²) in [7, 11) is 0. The molecule has 0 unspecified atom stereocenters. The molecule has 0 saturated heterocycles. The lowest BCUT2D eigenvalue weighted by Gasteiger charge is -2.11. The minimum absolute atomic E-state index is 0.264. The number of hydrogen-bond donors (Lipinski definition) is 1. The first-order valence-electron chi connectivity index (χ1n) is 8.99. The lowest BCUT2D eigenvalue weighted by molar-refractivity contribution is 0.102. The quantitative estimate of drug-likeness (QED) is 0.571. The zero-order chi connectivity index (χ0) is 19.5. The Kier molecular flexibility index (Phi) is 4.76. The number of carbonyl (C=O) groups excluding carboxylic acids is 1. The van der Waals surface area contributed by atoms with Crippen molar-refractivity contribution in [2.45, 2.75) is 20.5 Å². The van der Waals surface area contributed by atoms with E-state index >= 15 is 0 Å². The highest BCUT2D eigenvalue weighted by Crippen LogP contribution is 2.21. The van der Waals surface area contributed by atoms with Crippen LogP contribution in [0.15, 0.2) is 67.1 Å². The molecule has 0 radical (unpaired) electrons. The smallest absolute Gasteiger partial charge is 0.260 e. The number of benzene rings is 1. The molecule has 1 N–H and O–H groups in total. The number of rotatable bonds is 5. The fourth-order valence-corrected chi connectivity index (χ4v) is 2.99. The van der Waals surface area contributed by atoms with Gasteiger partial charge in [0.1, 0.15) is 23.8 Å². The molecule has 0 aliphatic rings. The molecule has 0 saturated carbocycles. The highest BCUT2D eigenvalue weighted by molar-refractivity contribution is 6.05. The molecule has 0 atom stereocenters. The highest BCUT2D eigenvalue weighted by atomic mass is 16.5. The maximum absolute atomic E-state index is 12.7. The van der Waals surface area contributed by atoms with E-state index in [0.29, 0.717) is 17.1 Å². The number of hydrogen-bond acceptors (Lipinski definition) is 4. The third-order valence-electron chi connectivity index (χ3n) is 4.39. The molecule has 6 heteroatoms. The number of aryl methyl sites for hydroxylation is 2. The van der Waals surface area contributed by atoms with Crippen molar-refractivity contribution in [1.29, 1.82) is 0 Å². The summed E-state index contributed by atoms with van der Waals surface area (Å²) < 4.78 is 7.89. The molecule has 0 aliphatic heterocycles. The summed E-state index contributed by atoms with van der Waals surface area (Å²) in [6.45, 7) is 4.24. The van der Waals surface area contributed by atoms with Crippen molar-refractivity contribution in [2.24, 2.45) is 0 Å². The van der Waals surface area contributed by atoms with Crippen LogP contribution in [0, 0.1) is 13.8 Å². The largest absolute Gasteiger partial charge is 0.486 e. The summed E-state index contributed by atoms with van der Waals surface area (Å²) in [4.78, 5) is 21.5. The van der Waals surface area contributed by atoms with Gasteiger partial charge in [-0.3, -0.25) is 4.79 Å². The molecule has 0 bridgehead atoms. The Balaban J connectivity index is 1.52. The number of para-hydroxylation sites is 1. The third kappa shape index (κ3) is 3.71. The van der Waals surface area contributed by atoms with Crippen molar-refractivity contribution in [3.05, 3.63) is 89.5 Å². The van der Waals surface area contributed by atoms with Gasteiger partial charge in [-0.15, -0.1) is 0 Å². The van der Waals surface area contributed by atoms with Gasteiger partial charge in [0.15, 0.2) is 0 Å². The lowest BCUT2D eigenvalue weighted by Crippen LogP contribution is -2.14. The van der Waals surface area contributed by atoms with E-state index in [0.717, 1.165) is 22.5 Å². The predicted molar refractivity (Wildman–Crippen MR) is 108 cm³/mol. The second-order valence-corrected chi connectivity index (χ2v) is 6.61. The van der Waals surface area contributed by atoms with Crippen LogP contribution >= 0.6 is 0 Å². The molecule has 0 aliphatic carbocycles. The fraction of sp³-hybridized carbons (Fsp3) is 0.136. The van der Waals surface area contributed by atoms with Gasteiger partial charge >= 0.3 is 0 Å². The Morgan fingerprint density at radius 2 is 2.00 bits per heavy atom. The number of carbonyl (C=O) groups is 1. The van der Waals surface area contributed by atoms with E-state index in [4.69, 9.17) is 4.74 Å². The Morgan fingerprint density at radius 1 is 1.14 bits per heavy atom. The normalized spacial score (nSPS) is 10.8. The Labute approximate surface area is 162 Å². The molecule has 6 nitrogen and oxygen atoms in total. The van der Waals surface area contributed by atoms with Gasteiger partial charge in [0.2, 0.25) is 0 Å². The molecule has 1 aromatic carbocycles. The number of amides is 1. The van der Waals surface area contributed by atoms with Crippen LogP contribution in [-0.4, -0.2) is 20.3 Å².